The van der Waals surface area contributed by atoms with Gasteiger partial charge in [0.1, 0.15) is 0 Å². The van der Waals surface area contributed by atoms with Crippen molar-refractivity contribution in [3.05, 3.63) is 0 Å². The van der Waals surface area contributed by atoms with Gasteiger partial charge in [0, 0.05) is 58.0 Å². The zero-order valence-electron chi connectivity index (χ0n) is 12.6. The first kappa shape index (κ1) is 14.7. The molecule has 0 saturated carbocycles. The van der Waals surface area contributed by atoms with Gasteiger partial charge in [0.2, 0.25) is 0 Å². The zero-order chi connectivity index (χ0) is 13.6. The Balaban J connectivity index is 1.31. The summed E-state index contributed by atoms with van der Waals surface area (Å²) in [6, 6.07) is 1.45. The molecule has 0 aliphatic carbocycles. The highest BCUT2D eigenvalue weighted by atomic mass is 16.5. The Morgan fingerprint density at radius 2 is 1.65 bits per heavy atom. The van der Waals surface area contributed by atoms with Crippen LogP contribution in [-0.4, -0.2) is 87.6 Å². The third-order valence-electron chi connectivity index (χ3n) is 4.89. The van der Waals surface area contributed by atoms with Gasteiger partial charge in [-0.1, -0.05) is 0 Å². The number of ether oxygens (including phenoxy) is 2. The quantitative estimate of drug-likeness (QED) is 0.778. The van der Waals surface area contributed by atoms with Gasteiger partial charge in [-0.3, -0.25) is 4.90 Å². The van der Waals surface area contributed by atoms with Crippen molar-refractivity contribution in [3.63, 3.8) is 0 Å². The molecular formula is C15H29N3O2. The van der Waals surface area contributed by atoms with E-state index in [0.29, 0.717) is 6.04 Å². The lowest BCUT2D eigenvalue weighted by Gasteiger charge is -2.32. The number of rotatable bonds is 5. The van der Waals surface area contributed by atoms with E-state index in [-0.39, 0.29) is 0 Å². The maximum atomic E-state index is 5.44. The fraction of sp³-hybridized carbons (Fsp3) is 1.00. The number of nitrogens with one attached hydrogen (secondary N) is 1. The van der Waals surface area contributed by atoms with Gasteiger partial charge in [-0.25, -0.2) is 0 Å². The number of nitrogens with zero attached hydrogens (tertiary/aromatic N) is 2. The minimum Gasteiger partial charge on any atom is -0.381 e. The highest BCUT2D eigenvalue weighted by molar-refractivity contribution is 4.85. The molecule has 1 atom stereocenters. The summed E-state index contributed by atoms with van der Waals surface area (Å²) in [4.78, 5) is 5.24. The maximum Gasteiger partial charge on any atom is 0.0594 e. The average molecular weight is 283 g/mol. The van der Waals surface area contributed by atoms with Crippen LogP contribution >= 0.6 is 0 Å². The molecular weight excluding hydrogens is 254 g/mol. The van der Waals surface area contributed by atoms with E-state index < -0.39 is 0 Å². The van der Waals surface area contributed by atoms with Crippen molar-refractivity contribution in [1.82, 2.24) is 15.1 Å². The molecule has 3 aliphatic rings. The fourth-order valence-electron chi connectivity index (χ4n) is 3.58. The minimum atomic E-state index is 0.682. The van der Waals surface area contributed by atoms with Gasteiger partial charge in [-0.05, 0) is 25.8 Å². The first-order valence-electron chi connectivity index (χ1n) is 8.27. The van der Waals surface area contributed by atoms with E-state index in [2.05, 4.69) is 15.1 Å². The van der Waals surface area contributed by atoms with Crippen molar-refractivity contribution in [2.24, 2.45) is 0 Å². The van der Waals surface area contributed by atoms with E-state index in [4.69, 9.17) is 9.47 Å². The molecule has 3 rings (SSSR count). The summed E-state index contributed by atoms with van der Waals surface area (Å²) in [5, 5.41) is 3.69. The third-order valence-corrected chi connectivity index (χ3v) is 4.89. The fourth-order valence-corrected chi connectivity index (χ4v) is 3.58. The molecule has 0 radical (unpaired) electrons. The second kappa shape index (κ2) is 7.71. The molecule has 0 spiro atoms. The summed E-state index contributed by atoms with van der Waals surface area (Å²) in [6.07, 6.45) is 3.68. The molecule has 0 aromatic carbocycles. The molecule has 0 bridgehead atoms. The van der Waals surface area contributed by atoms with Gasteiger partial charge < -0.3 is 19.7 Å². The minimum absolute atomic E-state index is 0.682. The van der Waals surface area contributed by atoms with Crippen molar-refractivity contribution >= 4 is 0 Å². The number of morpholine rings is 1. The Kier molecular flexibility index (Phi) is 5.67. The van der Waals surface area contributed by atoms with Gasteiger partial charge in [0.15, 0.2) is 0 Å². The van der Waals surface area contributed by atoms with E-state index in [1.807, 2.05) is 0 Å². The molecule has 3 fully saturated rings. The Morgan fingerprint density at radius 3 is 2.45 bits per heavy atom. The second-order valence-electron chi connectivity index (χ2n) is 6.23. The van der Waals surface area contributed by atoms with E-state index in [1.165, 1.54) is 38.9 Å². The summed E-state index contributed by atoms with van der Waals surface area (Å²) in [5.74, 6) is 0. The van der Waals surface area contributed by atoms with Crippen molar-refractivity contribution in [1.29, 1.82) is 0 Å². The van der Waals surface area contributed by atoms with Crippen LogP contribution in [0.15, 0.2) is 0 Å². The normalized spacial score (nSPS) is 30.9. The van der Waals surface area contributed by atoms with E-state index in [1.54, 1.807) is 0 Å². The Hall–Kier alpha value is -0.200. The zero-order valence-corrected chi connectivity index (χ0v) is 12.6. The molecule has 3 heterocycles. The summed E-state index contributed by atoms with van der Waals surface area (Å²) in [6.45, 7) is 10.8. The number of hydrogen-bond acceptors (Lipinski definition) is 5. The predicted octanol–water partition coefficient (Wildman–Crippen LogP) is 0.162. The summed E-state index contributed by atoms with van der Waals surface area (Å²) in [5.41, 5.74) is 0. The lowest BCUT2D eigenvalue weighted by atomic mass is 10.1. The molecule has 5 heteroatoms. The lowest BCUT2D eigenvalue weighted by Crippen LogP contribution is -2.45. The highest BCUT2D eigenvalue weighted by Gasteiger charge is 2.28. The highest BCUT2D eigenvalue weighted by Crippen LogP contribution is 2.16. The summed E-state index contributed by atoms with van der Waals surface area (Å²) >= 11 is 0. The maximum absolute atomic E-state index is 5.44. The third kappa shape index (κ3) is 4.15. The summed E-state index contributed by atoms with van der Waals surface area (Å²) < 4.78 is 10.8. The van der Waals surface area contributed by atoms with Crippen molar-refractivity contribution in [2.45, 2.75) is 31.3 Å². The standard InChI is InChI=1S/C15H29N3O2/c1-5-17(6-4-16-14-2-9-19-10-3-14)13-15(1)18-7-11-20-12-8-18/h14-16H,1-13H2. The monoisotopic (exact) mass is 283 g/mol. The molecule has 20 heavy (non-hydrogen) atoms. The van der Waals surface area contributed by atoms with Crippen molar-refractivity contribution < 1.29 is 9.47 Å². The van der Waals surface area contributed by atoms with Crippen LogP contribution in [0.5, 0.6) is 0 Å². The first-order chi connectivity index (χ1) is 9.92. The smallest absolute Gasteiger partial charge is 0.0594 e. The Bertz CT molecular complexity index is 278. The molecule has 0 aromatic rings. The molecule has 5 nitrogen and oxygen atoms in total. The van der Waals surface area contributed by atoms with Crippen LogP contribution in [0.4, 0.5) is 0 Å². The Morgan fingerprint density at radius 1 is 0.900 bits per heavy atom. The largest absolute Gasteiger partial charge is 0.381 e. The number of hydrogen-bond donors (Lipinski definition) is 1. The summed E-state index contributed by atoms with van der Waals surface area (Å²) in [7, 11) is 0. The first-order valence-corrected chi connectivity index (χ1v) is 8.27. The van der Waals surface area contributed by atoms with Crippen LogP contribution in [-0.2, 0) is 9.47 Å². The van der Waals surface area contributed by atoms with Crippen LogP contribution in [0.1, 0.15) is 19.3 Å². The molecule has 0 aromatic heterocycles. The number of likely N-dealkylation sites (tertiary alicyclic amines) is 1. The van der Waals surface area contributed by atoms with Crippen molar-refractivity contribution in [3.8, 4) is 0 Å². The molecule has 0 amide bonds. The molecule has 3 saturated heterocycles. The molecule has 116 valence electrons. The van der Waals surface area contributed by atoms with Crippen LogP contribution in [0.25, 0.3) is 0 Å². The molecule has 1 N–H and O–H groups in total. The van der Waals surface area contributed by atoms with Gasteiger partial charge in [0.25, 0.3) is 0 Å². The van der Waals surface area contributed by atoms with Crippen molar-refractivity contribution in [2.75, 3.05) is 65.7 Å². The van der Waals surface area contributed by atoms with Gasteiger partial charge in [-0.2, -0.15) is 0 Å². The SMILES string of the molecule is C(CN1CCC(N2CCOCC2)C1)NC1CCOCC1. The van der Waals surface area contributed by atoms with Crippen LogP contribution < -0.4 is 5.32 Å². The van der Waals surface area contributed by atoms with Crippen LogP contribution in [0.3, 0.4) is 0 Å². The van der Waals surface area contributed by atoms with Gasteiger partial charge in [0.05, 0.1) is 13.2 Å². The van der Waals surface area contributed by atoms with Crippen LogP contribution in [0, 0.1) is 0 Å². The van der Waals surface area contributed by atoms with Gasteiger partial charge in [-0.15, -0.1) is 0 Å². The second-order valence-corrected chi connectivity index (χ2v) is 6.23. The average Bonchev–Trinajstić information content (AvgIpc) is 2.98. The van der Waals surface area contributed by atoms with E-state index in [0.717, 1.165) is 52.1 Å². The topological polar surface area (TPSA) is 37.0 Å². The Labute approximate surface area is 122 Å². The molecule has 3 aliphatic heterocycles. The van der Waals surface area contributed by atoms with E-state index >= 15 is 0 Å². The molecule has 1 unspecified atom stereocenters. The van der Waals surface area contributed by atoms with Crippen LogP contribution in [0.2, 0.25) is 0 Å². The van der Waals surface area contributed by atoms with Gasteiger partial charge >= 0.3 is 0 Å². The lowest BCUT2D eigenvalue weighted by molar-refractivity contribution is 0.0185. The van der Waals surface area contributed by atoms with E-state index in [9.17, 15) is 0 Å². The predicted molar refractivity (Wildman–Crippen MR) is 79.1 cm³/mol.